The van der Waals surface area contributed by atoms with Crippen LogP contribution in [0, 0.1) is 6.92 Å². The van der Waals surface area contributed by atoms with Gasteiger partial charge in [0.2, 0.25) is 5.91 Å². The molecule has 0 radical (unpaired) electrons. The first-order valence-electron chi connectivity index (χ1n) is 10.8. The fourth-order valence-corrected chi connectivity index (χ4v) is 5.51. The highest BCUT2D eigenvalue weighted by molar-refractivity contribution is 7.99. The summed E-state index contributed by atoms with van der Waals surface area (Å²) in [6.07, 6.45) is 0. The summed E-state index contributed by atoms with van der Waals surface area (Å²) < 4.78 is 1.74. The zero-order valence-electron chi connectivity index (χ0n) is 19.6. The Hall–Kier alpha value is -2.92. The molecule has 0 aliphatic carbocycles. The van der Waals surface area contributed by atoms with Gasteiger partial charge >= 0.3 is 0 Å². The molecule has 2 amide bonds. The molecule has 0 aliphatic heterocycles. The summed E-state index contributed by atoms with van der Waals surface area (Å²) in [6.45, 7) is 3.77. The molecule has 0 aliphatic rings. The molecule has 36 heavy (non-hydrogen) atoms. The normalized spacial score (nSPS) is 11.8. The molecular weight excluding hydrogens is 539 g/mol. The van der Waals surface area contributed by atoms with Gasteiger partial charge in [0.25, 0.3) is 5.91 Å². The van der Waals surface area contributed by atoms with Gasteiger partial charge in [0, 0.05) is 22.5 Å². The van der Waals surface area contributed by atoms with E-state index in [0.717, 1.165) is 16.1 Å². The zero-order chi connectivity index (χ0) is 25.8. The Balaban J connectivity index is 1.35. The van der Waals surface area contributed by atoms with Crippen molar-refractivity contribution < 1.29 is 9.59 Å². The lowest BCUT2D eigenvalue weighted by Crippen LogP contribution is -2.28. The van der Waals surface area contributed by atoms with Crippen LogP contribution >= 0.6 is 46.3 Å². The lowest BCUT2D eigenvalue weighted by molar-refractivity contribution is -0.113. The maximum absolute atomic E-state index is 12.6. The van der Waals surface area contributed by atoms with E-state index in [1.165, 1.54) is 29.2 Å². The number of halogens is 2. The average molecular weight is 562 g/mol. The Morgan fingerprint density at radius 2 is 1.89 bits per heavy atom. The van der Waals surface area contributed by atoms with Gasteiger partial charge in [-0.15, -0.1) is 21.5 Å². The van der Waals surface area contributed by atoms with Gasteiger partial charge in [0.1, 0.15) is 0 Å². The van der Waals surface area contributed by atoms with Crippen molar-refractivity contribution in [3.05, 3.63) is 74.8 Å². The smallest absolute Gasteiger partial charge is 0.253 e. The van der Waals surface area contributed by atoms with E-state index < -0.39 is 6.04 Å². The molecule has 12 heteroatoms. The van der Waals surface area contributed by atoms with Crippen LogP contribution in [0.15, 0.2) is 53.7 Å². The lowest BCUT2D eigenvalue weighted by Gasteiger charge is -2.14. The predicted octanol–water partition coefficient (Wildman–Crippen LogP) is 5.78. The van der Waals surface area contributed by atoms with E-state index in [1.54, 1.807) is 30.7 Å². The van der Waals surface area contributed by atoms with Crippen LogP contribution in [-0.4, -0.2) is 37.3 Å². The molecule has 4 aromatic rings. The number of carbonyl (C=O) groups is 2. The number of nitrogens with one attached hydrogen (secondary N) is 2. The number of hydrogen-bond acceptors (Lipinski definition) is 7. The molecule has 1 atom stereocenters. The van der Waals surface area contributed by atoms with Gasteiger partial charge in [-0.1, -0.05) is 65.3 Å². The number of anilines is 1. The van der Waals surface area contributed by atoms with Crippen LogP contribution in [0.5, 0.6) is 0 Å². The van der Waals surface area contributed by atoms with Crippen LogP contribution in [0.25, 0.3) is 11.3 Å². The van der Waals surface area contributed by atoms with Crippen LogP contribution in [0.2, 0.25) is 10.0 Å². The van der Waals surface area contributed by atoms with Crippen molar-refractivity contribution in [1.29, 1.82) is 0 Å². The van der Waals surface area contributed by atoms with Crippen molar-refractivity contribution in [2.45, 2.75) is 25.0 Å². The Bertz CT molecular complexity index is 1410. The van der Waals surface area contributed by atoms with Gasteiger partial charge in [0.05, 0.1) is 28.1 Å². The summed E-state index contributed by atoms with van der Waals surface area (Å²) in [6, 6.07) is 14.1. The highest BCUT2D eigenvalue weighted by Crippen LogP contribution is 2.30. The highest BCUT2D eigenvalue weighted by atomic mass is 35.5. The Morgan fingerprint density at radius 1 is 1.14 bits per heavy atom. The van der Waals surface area contributed by atoms with Crippen molar-refractivity contribution in [3.63, 3.8) is 0 Å². The SMILES string of the molecule is Cc1sc(NC(=O)CSc2nnc(C(C)NC(=O)c3ccc(Cl)cc3Cl)n2C)nc1-c1ccccc1. The summed E-state index contributed by atoms with van der Waals surface area (Å²) in [5.74, 6) is 0.122. The van der Waals surface area contributed by atoms with E-state index in [9.17, 15) is 9.59 Å². The van der Waals surface area contributed by atoms with Crippen molar-refractivity contribution >= 4 is 63.2 Å². The minimum absolute atomic E-state index is 0.131. The monoisotopic (exact) mass is 560 g/mol. The lowest BCUT2D eigenvalue weighted by atomic mass is 10.1. The summed E-state index contributed by atoms with van der Waals surface area (Å²) in [4.78, 5) is 30.8. The summed E-state index contributed by atoms with van der Waals surface area (Å²) >= 11 is 14.7. The maximum Gasteiger partial charge on any atom is 0.253 e. The highest BCUT2D eigenvalue weighted by Gasteiger charge is 2.20. The van der Waals surface area contributed by atoms with E-state index in [1.807, 2.05) is 37.3 Å². The number of benzene rings is 2. The molecule has 2 heterocycles. The van der Waals surface area contributed by atoms with Crippen LogP contribution in [0.1, 0.15) is 34.0 Å². The standard InChI is InChI=1S/C24H22Cl2N6O2S2/c1-13(27-22(34)17-10-9-16(25)11-18(17)26)21-30-31-24(32(21)3)35-12-19(33)28-23-29-20(14(2)36-23)15-7-5-4-6-8-15/h4-11,13H,12H2,1-3H3,(H,27,34)(H,28,29,33). The van der Waals surface area contributed by atoms with Gasteiger partial charge < -0.3 is 15.2 Å². The first-order valence-corrected chi connectivity index (χ1v) is 13.4. The van der Waals surface area contributed by atoms with Gasteiger partial charge in [0.15, 0.2) is 16.1 Å². The number of aryl methyl sites for hydroxylation is 1. The molecule has 2 aromatic heterocycles. The molecule has 0 saturated carbocycles. The van der Waals surface area contributed by atoms with E-state index in [-0.39, 0.29) is 22.6 Å². The molecule has 2 N–H and O–H groups in total. The van der Waals surface area contributed by atoms with Gasteiger partial charge in [-0.25, -0.2) is 4.98 Å². The molecule has 0 spiro atoms. The predicted molar refractivity (Wildman–Crippen MR) is 145 cm³/mol. The molecular formula is C24H22Cl2N6O2S2. The molecule has 0 fully saturated rings. The molecule has 8 nitrogen and oxygen atoms in total. The van der Waals surface area contributed by atoms with Gasteiger partial charge in [-0.3, -0.25) is 9.59 Å². The number of rotatable bonds is 8. The van der Waals surface area contributed by atoms with E-state index in [4.69, 9.17) is 23.2 Å². The van der Waals surface area contributed by atoms with Crippen molar-refractivity contribution in [2.24, 2.45) is 7.05 Å². The van der Waals surface area contributed by atoms with Crippen LogP contribution in [-0.2, 0) is 11.8 Å². The summed E-state index contributed by atoms with van der Waals surface area (Å²) in [5.41, 5.74) is 2.18. The third kappa shape index (κ3) is 6.07. The zero-order valence-corrected chi connectivity index (χ0v) is 22.7. The third-order valence-corrected chi connectivity index (χ3v) is 7.66. The Labute approximate surface area is 226 Å². The number of thioether (sulfide) groups is 1. The largest absolute Gasteiger partial charge is 0.342 e. The quantitative estimate of drug-likeness (QED) is 0.265. The number of amides is 2. The van der Waals surface area contributed by atoms with Crippen LogP contribution < -0.4 is 10.6 Å². The molecule has 186 valence electrons. The number of hydrogen-bond donors (Lipinski definition) is 2. The fraction of sp³-hybridized carbons (Fsp3) is 0.208. The average Bonchev–Trinajstić information content (AvgIpc) is 3.39. The Morgan fingerprint density at radius 3 is 2.61 bits per heavy atom. The van der Waals surface area contributed by atoms with Crippen molar-refractivity contribution in [1.82, 2.24) is 25.1 Å². The van der Waals surface area contributed by atoms with Crippen LogP contribution in [0.3, 0.4) is 0 Å². The second kappa shape index (κ2) is 11.4. The first kappa shape index (κ1) is 26.2. The number of nitrogens with zero attached hydrogens (tertiary/aromatic N) is 4. The molecule has 2 aromatic carbocycles. The topological polar surface area (TPSA) is 102 Å². The Kier molecular flexibility index (Phi) is 8.30. The van der Waals surface area contributed by atoms with E-state index in [2.05, 4.69) is 25.8 Å². The minimum Gasteiger partial charge on any atom is -0.342 e. The van der Waals surface area contributed by atoms with Gasteiger partial charge in [-0.2, -0.15) is 0 Å². The van der Waals surface area contributed by atoms with E-state index >= 15 is 0 Å². The number of thiazole rings is 1. The van der Waals surface area contributed by atoms with Crippen molar-refractivity contribution in [3.8, 4) is 11.3 Å². The molecule has 4 rings (SSSR count). The van der Waals surface area contributed by atoms with Crippen molar-refractivity contribution in [2.75, 3.05) is 11.1 Å². The molecule has 0 bridgehead atoms. The third-order valence-electron chi connectivity index (χ3n) is 5.20. The second-order valence-corrected chi connectivity index (χ2v) is 10.8. The number of carbonyl (C=O) groups excluding carboxylic acids is 2. The van der Waals surface area contributed by atoms with E-state index in [0.29, 0.717) is 26.7 Å². The first-order chi connectivity index (χ1) is 17.2. The summed E-state index contributed by atoms with van der Waals surface area (Å²) in [7, 11) is 1.78. The molecule has 0 saturated heterocycles. The molecule has 1 unspecified atom stereocenters. The van der Waals surface area contributed by atoms with Gasteiger partial charge in [-0.05, 0) is 32.0 Å². The van der Waals surface area contributed by atoms with Crippen LogP contribution in [0.4, 0.5) is 5.13 Å². The fourth-order valence-electron chi connectivity index (χ4n) is 3.44. The second-order valence-electron chi connectivity index (χ2n) is 7.85. The summed E-state index contributed by atoms with van der Waals surface area (Å²) in [5, 5.41) is 15.9. The number of aromatic nitrogens is 4. The minimum atomic E-state index is -0.445. The maximum atomic E-state index is 12.6.